The van der Waals surface area contributed by atoms with Crippen molar-refractivity contribution in [1.29, 1.82) is 0 Å². The van der Waals surface area contributed by atoms with Gasteiger partial charge in [-0.2, -0.15) is 0 Å². The molecule has 1 aromatic heterocycles. The molecule has 0 unspecified atom stereocenters. The molecule has 0 bridgehead atoms. The van der Waals surface area contributed by atoms with E-state index < -0.39 is 0 Å². The van der Waals surface area contributed by atoms with Crippen LogP contribution in [0.5, 0.6) is 0 Å². The molecule has 0 aliphatic carbocycles. The lowest BCUT2D eigenvalue weighted by molar-refractivity contribution is -0.133. The van der Waals surface area contributed by atoms with Crippen molar-refractivity contribution in [2.45, 2.75) is 39.7 Å². The fourth-order valence-electron chi connectivity index (χ4n) is 3.22. The molecule has 0 saturated carbocycles. The number of carbonyl (C=O) groups is 1. The summed E-state index contributed by atoms with van der Waals surface area (Å²) in [5.41, 5.74) is 3.49. The molecule has 0 radical (unpaired) electrons. The lowest BCUT2D eigenvalue weighted by Gasteiger charge is -2.34. The van der Waals surface area contributed by atoms with Crippen molar-refractivity contribution in [3.05, 3.63) is 52.9 Å². The van der Waals surface area contributed by atoms with Crippen molar-refractivity contribution in [2.75, 3.05) is 26.2 Å². The van der Waals surface area contributed by atoms with Gasteiger partial charge < -0.3 is 9.42 Å². The van der Waals surface area contributed by atoms with E-state index in [1.807, 2.05) is 17.9 Å². The molecule has 1 fully saturated rings. The number of carbonyl (C=O) groups excluding carboxylic acids is 1. The smallest absolute Gasteiger partial charge is 0.222 e. The minimum Gasteiger partial charge on any atom is -0.360 e. The molecule has 2 heterocycles. The number of rotatable bonds is 6. The van der Waals surface area contributed by atoms with Gasteiger partial charge >= 0.3 is 0 Å². The van der Waals surface area contributed by atoms with Gasteiger partial charge in [0.05, 0.1) is 12.2 Å². The van der Waals surface area contributed by atoms with Gasteiger partial charge in [0, 0.05) is 38.7 Å². The largest absolute Gasteiger partial charge is 0.360 e. The molecule has 1 amide bonds. The maximum absolute atomic E-state index is 12.4. The molecule has 0 N–H and O–H groups in total. The molecule has 1 aliphatic rings. The van der Waals surface area contributed by atoms with Crippen molar-refractivity contribution >= 4 is 5.91 Å². The Kier molecular flexibility index (Phi) is 5.87. The first-order valence-electron chi connectivity index (χ1n) is 9.14. The number of aryl methyl sites for hydroxylation is 3. The quantitative estimate of drug-likeness (QED) is 0.811. The predicted octanol–water partition coefficient (Wildman–Crippen LogP) is 2.82. The molecule has 3 rings (SSSR count). The van der Waals surface area contributed by atoms with Crippen LogP contribution in [0.3, 0.4) is 0 Å². The second kappa shape index (κ2) is 8.30. The summed E-state index contributed by atoms with van der Waals surface area (Å²) in [5, 5.41) is 3.92. The van der Waals surface area contributed by atoms with Crippen molar-refractivity contribution in [3.8, 4) is 0 Å². The van der Waals surface area contributed by atoms with E-state index in [2.05, 4.69) is 41.2 Å². The van der Waals surface area contributed by atoms with Crippen molar-refractivity contribution in [2.24, 2.45) is 0 Å². The Hall–Kier alpha value is -2.14. The zero-order valence-corrected chi connectivity index (χ0v) is 15.2. The molecule has 134 valence electrons. The third kappa shape index (κ3) is 4.92. The molecule has 0 atom stereocenters. The molecular formula is C20H27N3O2. The fourth-order valence-corrected chi connectivity index (χ4v) is 3.22. The van der Waals surface area contributed by atoms with Crippen LogP contribution >= 0.6 is 0 Å². The summed E-state index contributed by atoms with van der Waals surface area (Å²) in [7, 11) is 0. The van der Waals surface area contributed by atoms with Crippen LogP contribution in [0.15, 0.2) is 34.9 Å². The summed E-state index contributed by atoms with van der Waals surface area (Å²) in [6, 6.07) is 10.6. The van der Waals surface area contributed by atoms with Gasteiger partial charge in [-0.15, -0.1) is 0 Å². The molecular weight excluding hydrogens is 314 g/mol. The van der Waals surface area contributed by atoms with Gasteiger partial charge in [0.15, 0.2) is 5.76 Å². The average molecular weight is 341 g/mol. The summed E-state index contributed by atoms with van der Waals surface area (Å²) in [5.74, 6) is 1.16. The van der Waals surface area contributed by atoms with E-state index in [1.54, 1.807) is 0 Å². The maximum Gasteiger partial charge on any atom is 0.222 e. The highest BCUT2D eigenvalue weighted by Crippen LogP contribution is 2.12. The fraction of sp³-hybridized carbons (Fsp3) is 0.500. The maximum atomic E-state index is 12.4. The minimum absolute atomic E-state index is 0.259. The third-order valence-electron chi connectivity index (χ3n) is 4.84. The molecule has 1 aromatic carbocycles. The van der Waals surface area contributed by atoms with Gasteiger partial charge in [-0.05, 0) is 30.9 Å². The zero-order chi connectivity index (χ0) is 17.6. The second-order valence-electron chi connectivity index (χ2n) is 6.76. The average Bonchev–Trinajstić information content (AvgIpc) is 3.05. The Morgan fingerprint density at radius 1 is 1.12 bits per heavy atom. The number of amides is 1. The first-order valence-corrected chi connectivity index (χ1v) is 9.14. The second-order valence-corrected chi connectivity index (χ2v) is 6.76. The van der Waals surface area contributed by atoms with Gasteiger partial charge in [0.2, 0.25) is 5.91 Å². The van der Waals surface area contributed by atoms with E-state index in [0.717, 1.165) is 57.0 Å². The van der Waals surface area contributed by atoms with Crippen molar-refractivity contribution < 1.29 is 9.32 Å². The van der Waals surface area contributed by atoms with Gasteiger partial charge in [0.1, 0.15) is 0 Å². The molecule has 2 aromatic rings. The van der Waals surface area contributed by atoms with Crippen LogP contribution in [-0.4, -0.2) is 47.0 Å². The standard InChI is InChI=1S/C20H27N3O2/c1-3-17-4-6-18(7-5-17)8-9-20(24)23-12-10-22(11-13-23)15-19-14-16(2)21-25-19/h4-7,14H,3,8-13,15H2,1-2H3. The number of aromatic nitrogens is 1. The monoisotopic (exact) mass is 341 g/mol. The summed E-state index contributed by atoms with van der Waals surface area (Å²) >= 11 is 0. The minimum atomic E-state index is 0.259. The lowest BCUT2D eigenvalue weighted by Crippen LogP contribution is -2.48. The molecule has 25 heavy (non-hydrogen) atoms. The normalized spacial score (nSPS) is 15.5. The van der Waals surface area contributed by atoms with E-state index in [-0.39, 0.29) is 5.91 Å². The number of piperazine rings is 1. The van der Waals surface area contributed by atoms with Crippen LogP contribution < -0.4 is 0 Å². The van der Waals surface area contributed by atoms with Gasteiger partial charge in [-0.1, -0.05) is 36.3 Å². The molecule has 0 spiro atoms. The van der Waals surface area contributed by atoms with Crippen molar-refractivity contribution in [3.63, 3.8) is 0 Å². The van der Waals surface area contributed by atoms with E-state index in [0.29, 0.717) is 6.42 Å². The van der Waals surface area contributed by atoms with Crippen LogP contribution in [0.25, 0.3) is 0 Å². The summed E-state index contributed by atoms with van der Waals surface area (Å²) in [6.45, 7) is 8.21. The topological polar surface area (TPSA) is 49.6 Å². The van der Waals surface area contributed by atoms with Crippen LogP contribution in [0.2, 0.25) is 0 Å². The molecule has 1 saturated heterocycles. The van der Waals surface area contributed by atoms with E-state index in [1.165, 1.54) is 11.1 Å². The SMILES string of the molecule is CCc1ccc(CCC(=O)N2CCN(Cc3cc(C)no3)CC2)cc1. The number of hydrogen-bond acceptors (Lipinski definition) is 4. The van der Waals surface area contributed by atoms with Gasteiger partial charge in [0.25, 0.3) is 0 Å². The first-order chi connectivity index (χ1) is 12.1. The van der Waals surface area contributed by atoms with Crippen LogP contribution in [0.1, 0.15) is 35.9 Å². The van der Waals surface area contributed by atoms with E-state index in [4.69, 9.17) is 4.52 Å². The third-order valence-corrected chi connectivity index (χ3v) is 4.84. The Morgan fingerprint density at radius 3 is 2.40 bits per heavy atom. The van der Waals surface area contributed by atoms with Gasteiger partial charge in [-0.3, -0.25) is 9.69 Å². The highest BCUT2D eigenvalue weighted by Gasteiger charge is 2.21. The lowest BCUT2D eigenvalue weighted by atomic mass is 10.1. The van der Waals surface area contributed by atoms with Crippen molar-refractivity contribution in [1.82, 2.24) is 15.0 Å². The number of nitrogens with zero attached hydrogens (tertiary/aromatic N) is 3. The summed E-state index contributed by atoms with van der Waals surface area (Å²) in [6.07, 6.45) is 2.46. The molecule has 5 heteroatoms. The molecule has 5 nitrogen and oxygen atoms in total. The number of benzene rings is 1. The van der Waals surface area contributed by atoms with E-state index >= 15 is 0 Å². The van der Waals surface area contributed by atoms with E-state index in [9.17, 15) is 4.79 Å². The van der Waals surface area contributed by atoms with Crippen LogP contribution in [0.4, 0.5) is 0 Å². The Morgan fingerprint density at radius 2 is 1.80 bits per heavy atom. The highest BCUT2D eigenvalue weighted by molar-refractivity contribution is 5.76. The first kappa shape index (κ1) is 17.7. The Bertz CT molecular complexity index is 685. The van der Waals surface area contributed by atoms with Crippen LogP contribution in [-0.2, 0) is 24.2 Å². The highest BCUT2D eigenvalue weighted by atomic mass is 16.5. The summed E-state index contributed by atoms with van der Waals surface area (Å²) in [4.78, 5) is 16.7. The van der Waals surface area contributed by atoms with Gasteiger partial charge in [-0.25, -0.2) is 0 Å². The predicted molar refractivity (Wildman–Crippen MR) is 97.2 cm³/mol. The van der Waals surface area contributed by atoms with Crippen LogP contribution in [0, 0.1) is 6.92 Å². The number of hydrogen-bond donors (Lipinski definition) is 0. The summed E-state index contributed by atoms with van der Waals surface area (Å²) < 4.78 is 5.27. The Labute approximate surface area is 149 Å². The Balaban J connectivity index is 1.41. The molecule has 1 aliphatic heterocycles. The zero-order valence-electron chi connectivity index (χ0n) is 15.2.